The smallest absolute Gasteiger partial charge is 0.138 e. The predicted octanol–water partition coefficient (Wildman–Crippen LogP) is 2.79. The van der Waals surface area contributed by atoms with Gasteiger partial charge in [-0.3, -0.25) is 4.68 Å². The lowest BCUT2D eigenvalue weighted by Gasteiger charge is -2.29. The Morgan fingerprint density at radius 3 is 2.74 bits per heavy atom. The van der Waals surface area contributed by atoms with Crippen molar-refractivity contribution in [1.82, 2.24) is 20.1 Å². The number of nitrogens with zero attached hydrogens (tertiary/aromatic N) is 3. The van der Waals surface area contributed by atoms with Gasteiger partial charge in [-0.15, -0.1) is 0 Å². The van der Waals surface area contributed by atoms with Gasteiger partial charge >= 0.3 is 0 Å². The van der Waals surface area contributed by atoms with Crippen molar-refractivity contribution in [3.8, 4) is 0 Å². The topological polar surface area (TPSA) is 42.7 Å². The quantitative estimate of drug-likeness (QED) is 0.734. The summed E-state index contributed by atoms with van der Waals surface area (Å²) in [5, 5.41) is 7.98. The number of nitrogens with one attached hydrogen (secondary N) is 1. The highest BCUT2D eigenvalue weighted by Crippen LogP contribution is 2.40. The molecule has 0 spiro atoms. The Bertz CT molecular complexity index is 366. The normalized spacial score (nSPS) is 18.0. The molecule has 1 saturated carbocycles. The summed E-state index contributed by atoms with van der Waals surface area (Å²) in [5.74, 6) is 1.18. The Balaban J connectivity index is 2.01. The van der Waals surface area contributed by atoms with Gasteiger partial charge in [-0.05, 0) is 37.6 Å². The van der Waals surface area contributed by atoms with Crippen molar-refractivity contribution in [1.29, 1.82) is 0 Å². The van der Waals surface area contributed by atoms with E-state index in [9.17, 15) is 0 Å². The molecule has 0 unspecified atom stereocenters. The van der Waals surface area contributed by atoms with Gasteiger partial charge in [0.2, 0.25) is 0 Å². The van der Waals surface area contributed by atoms with E-state index >= 15 is 0 Å². The third-order valence-electron chi connectivity index (χ3n) is 4.26. The summed E-state index contributed by atoms with van der Waals surface area (Å²) in [6.07, 6.45) is 10.5. The maximum absolute atomic E-state index is 4.50. The Morgan fingerprint density at radius 1 is 1.26 bits per heavy atom. The van der Waals surface area contributed by atoms with Crippen LogP contribution in [-0.4, -0.2) is 27.9 Å². The van der Waals surface area contributed by atoms with Gasteiger partial charge in [-0.1, -0.05) is 26.7 Å². The first-order valence-electron chi connectivity index (χ1n) is 7.87. The molecule has 0 aliphatic heterocycles. The molecule has 0 radical (unpaired) electrons. The third-order valence-corrected chi connectivity index (χ3v) is 4.26. The second-order valence-electron chi connectivity index (χ2n) is 5.96. The number of hydrogen-bond acceptors (Lipinski definition) is 3. The third kappa shape index (κ3) is 3.78. The minimum atomic E-state index is 0.424. The van der Waals surface area contributed by atoms with Crippen LogP contribution in [0.1, 0.15) is 58.2 Å². The van der Waals surface area contributed by atoms with Crippen LogP contribution in [0.2, 0.25) is 0 Å². The van der Waals surface area contributed by atoms with E-state index in [0.717, 1.165) is 32.5 Å². The minimum Gasteiger partial charge on any atom is -0.316 e. The van der Waals surface area contributed by atoms with Gasteiger partial charge in [0.25, 0.3) is 0 Å². The molecule has 1 aromatic rings. The van der Waals surface area contributed by atoms with Crippen LogP contribution in [0.5, 0.6) is 0 Å². The second-order valence-corrected chi connectivity index (χ2v) is 5.96. The Labute approximate surface area is 117 Å². The standard InChI is InChI=1S/C15H28N4/c1-3-9-16-12-15(7-5-6-8-15)11-14-17-13-18-19(14)10-4-2/h13,16H,3-12H2,1-2H3. The predicted molar refractivity (Wildman–Crippen MR) is 78.1 cm³/mol. The van der Waals surface area contributed by atoms with E-state index in [2.05, 4.69) is 33.9 Å². The van der Waals surface area contributed by atoms with Gasteiger partial charge in [0.05, 0.1) is 0 Å². The number of aryl methyl sites for hydroxylation is 1. The van der Waals surface area contributed by atoms with E-state index in [1.54, 1.807) is 6.33 Å². The van der Waals surface area contributed by atoms with Gasteiger partial charge in [0, 0.05) is 19.5 Å². The summed E-state index contributed by atoms with van der Waals surface area (Å²) in [5.41, 5.74) is 0.424. The Morgan fingerprint density at radius 2 is 2.05 bits per heavy atom. The molecular formula is C15H28N4. The molecule has 1 heterocycles. The lowest BCUT2D eigenvalue weighted by molar-refractivity contribution is 0.267. The minimum absolute atomic E-state index is 0.424. The highest BCUT2D eigenvalue weighted by Gasteiger charge is 2.34. The summed E-state index contributed by atoms with van der Waals surface area (Å²) in [7, 11) is 0. The lowest BCUT2D eigenvalue weighted by atomic mass is 9.82. The highest BCUT2D eigenvalue weighted by molar-refractivity contribution is 4.97. The van der Waals surface area contributed by atoms with E-state index in [4.69, 9.17) is 0 Å². The zero-order valence-corrected chi connectivity index (χ0v) is 12.5. The van der Waals surface area contributed by atoms with Gasteiger partial charge in [-0.25, -0.2) is 4.98 Å². The highest BCUT2D eigenvalue weighted by atomic mass is 15.3. The maximum Gasteiger partial charge on any atom is 0.138 e. The number of aromatic nitrogens is 3. The van der Waals surface area contributed by atoms with Gasteiger partial charge < -0.3 is 5.32 Å². The molecule has 1 fully saturated rings. The zero-order valence-electron chi connectivity index (χ0n) is 12.5. The summed E-state index contributed by atoms with van der Waals surface area (Å²) in [6, 6.07) is 0. The largest absolute Gasteiger partial charge is 0.316 e. The first kappa shape index (κ1) is 14.5. The van der Waals surface area contributed by atoms with Crippen molar-refractivity contribution in [2.24, 2.45) is 5.41 Å². The van der Waals surface area contributed by atoms with Crippen LogP contribution in [0.4, 0.5) is 0 Å². The Hall–Kier alpha value is -0.900. The van der Waals surface area contributed by atoms with E-state index in [0.29, 0.717) is 5.41 Å². The fourth-order valence-electron chi connectivity index (χ4n) is 3.23. The average molecular weight is 264 g/mol. The SMILES string of the molecule is CCCNCC1(Cc2ncnn2CCC)CCCC1. The first-order chi connectivity index (χ1) is 9.29. The molecule has 0 saturated heterocycles. The van der Waals surface area contributed by atoms with Crippen LogP contribution in [0.3, 0.4) is 0 Å². The fourth-order valence-corrected chi connectivity index (χ4v) is 3.23. The van der Waals surface area contributed by atoms with Crippen LogP contribution in [0, 0.1) is 5.41 Å². The molecule has 4 nitrogen and oxygen atoms in total. The molecule has 0 bridgehead atoms. The van der Waals surface area contributed by atoms with Crippen LogP contribution in [-0.2, 0) is 13.0 Å². The first-order valence-corrected chi connectivity index (χ1v) is 7.87. The number of hydrogen-bond donors (Lipinski definition) is 1. The summed E-state index contributed by atoms with van der Waals surface area (Å²) in [4.78, 5) is 4.50. The molecule has 108 valence electrons. The molecule has 0 amide bonds. The van der Waals surface area contributed by atoms with Crippen molar-refractivity contribution in [3.63, 3.8) is 0 Å². The molecule has 4 heteroatoms. The van der Waals surface area contributed by atoms with Crippen molar-refractivity contribution in [3.05, 3.63) is 12.2 Å². The number of rotatable bonds is 8. The van der Waals surface area contributed by atoms with E-state index < -0.39 is 0 Å². The monoisotopic (exact) mass is 264 g/mol. The van der Waals surface area contributed by atoms with Crippen LogP contribution < -0.4 is 5.32 Å². The molecule has 0 aromatic carbocycles. The molecule has 1 N–H and O–H groups in total. The molecule has 1 aliphatic rings. The lowest BCUT2D eigenvalue weighted by Crippen LogP contribution is -2.35. The molecule has 0 atom stereocenters. The van der Waals surface area contributed by atoms with Gasteiger partial charge in [0.1, 0.15) is 12.2 Å². The van der Waals surface area contributed by atoms with Gasteiger partial charge in [0.15, 0.2) is 0 Å². The van der Waals surface area contributed by atoms with E-state index in [1.807, 2.05) is 0 Å². The van der Waals surface area contributed by atoms with E-state index in [1.165, 1.54) is 37.9 Å². The van der Waals surface area contributed by atoms with Gasteiger partial charge in [-0.2, -0.15) is 5.10 Å². The molecule has 19 heavy (non-hydrogen) atoms. The van der Waals surface area contributed by atoms with Crippen LogP contribution in [0.25, 0.3) is 0 Å². The van der Waals surface area contributed by atoms with Crippen molar-refractivity contribution >= 4 is 0 Å². The average Bonchev–Trinajstić information content (AvgIpc) is 3.02. The molecule has 1 aliphatic carbocycles. The fraction of sp³-hybridized carbons (Fsp3) is 0.867. The van der Waals surface area contributed by atoms with Crippen LogP contribution in [0.15, 0.2) is 6.33 Å². The maximum atomic E-state index is 4.50. The summed E-state index contributed by atoms with van der Waals surface area (Å²) < 4.78 is 2.10. The zero-order chi connectivity index (χ0) is 13.6. The summed E-state index contributed by atoms with van der Waals surface area (Å²) in [6.45, 7) is 7.68. The van der Waals surface area contributed by atoms with Crippen molar-refractivity contribution in [2.45, 2.75) is 65.3 Å². The second kappa shape index (κ2) is 7.04. The molecule has 2 rings (SSSR count). The van der Waals surface area contributed by atoms with Crippen molar-refractivity contribution in [2.75, 3.05) is 13.1 Å². The molecule has 1 aromatic heterocycles. The van der Waals surface area contributed by atoms with Crippen molar-refractivity contribution < 1.29 is 0 Å². The molecular weight excluding hydrogens is 236 g/mol. The summed E-state index contributed by atoms with van der Waals surface area (Å²) >= 11 is 0. The van der Waals surface area contributed by atoms with E-state index in [-0.39, 0.29) is 0 Å². The van der Waals surface area contributed by atoms with Crippen LogP contribution >= 0.6 is 0 Å². The Kier molecular flexibility index (Phi) is 5.37.